The Morgan fingerprint density at radius 1 is 0.976 bits per heavy atom. The first-order valence-corrected chi connectivity index (χ1v) is 17.6. The number of hydrogen-bond acceptors (Lipinski definition) is 5. The molecule has 2 aromatic carbocycles. The van der Waals surface area contributed by atoms with Crippen molar-refractivity contribution in [1.29, 1.82) is 0 Å². The van der Waals surface area contributed by atoms with Crippen molar-refractivity contribution in [2.24, 2.45) is 22.7 Å². The van der Waals surface area contributed by atoms with Crippen molar-refractivity contribution in [2.75, 3.05) is 13.2 Å². The van der Waals surface area contributed by atoms with E-state index < -0.39 is 9.04 Å². The van der Waals surface area contributed by atoms with Gasteiger partial charge in [0, 0.05) is 18.4 Å². The molecule has 5 rings (SSSR count). The fraction of sp³-hybridized carbons (Fsp3) is 0.629. The van der Waals surface area contributed by atoms with Crippen LogP contribution in [0.4, 0.5) is 0 Å². The van der Waals surface area contributed by atoms with E-state index in [-0.39, 0.29) is 47.1 Å². The largest absolute Gasteiger partial charge is 0.459 e. The summed E-state index contributed by atoms with van der Waals surface area (Å²) in [7, 11) is -1.98. The Kier molecular flexibility index (Phi) is 10.1. The fourth-order valence-electron chi connectivity index (χ4n) is 7.96. The summed E-state index contributed by atoms with van der Waals surface area (Å²) < 4.78 is 26.2. The molecule has 0 radical (unpaired) electrons. The third-order valence-corrected chi connectivity index (χ3v) is 12.3. The van der Waals surface area contributed by atoms with Crippen LogP contribution in [0.3, 0.4) is 0 Å². The van der Waals surface area contributed by atoms with Crippen LogP contribution in [0, 0.1) is 22.7 Å². The molecule has 2 unspecified atom stereocenters. The van der Waals surface area contributed by atoms with E-state index >= 15 is 0 Å². The van der Waals surface area contributed by atoms with Crippen LogP contribution < -0.4 is 10.4 Å². The highest BCUT2D eigenvalue weighted by Crippen LogP contribution is 2.62. The van der Waals surface area contributed by atoms with Gasteiger partial charge in [-0.15, -0.1) is 0 Å². The highest BCUT2D eigenvalue weighted by Gasteiger charge is 2.63. The second-order valence-electron chi connectivity index (χ2n) is 13.6. The van der Waals surface area contributed by atoms with Gasteiger partial charge in [-0.1, -0.05) is 108 Å². The summed E-state index contributed by atoms with van der Waals surface area (Å²) in [5.41, 5.74) is -0.169. The first kappa shape index (κ1) is 30.5. The summed E-state index contributed by atoms with van der Waals surface area (Å²) in [6.07, 6.45) is 8.68. The number of fused-ring (bicyclic) bond motifs is 1. The van der Waals surface area contributed by atoms with Gasteiger partial charge in [0.1, 0.15) is 6.10 Å². The van der Waals surface area contributed by atoms with Crippen LogP contribution in [-0.2, 0) is 23.4 Å². The number of unbranched alkanes of at least 4 members (excludes halogenated alkanes) is 2. The molecule has 3 fully saturated rings. The number of esters is 1. The van der Waals surface area contributed by atoms with Crippen LogP contribution >= 0.6 is 0 Å². The Morgan fingerprint density at radius 3 is 2.24 bits per heavy atom. The third-order valence-electron chi connectivity index (χ3n) is 9.78. The van der Waals surface area contributed by atoms with Gasteiger partial charge in [0.25, 0.3) is 0 Å². The van der Waals surface area contributed by atoms with Crippen LogP contribution in [0.25, 0.3) is 0 Å². The van der Waals surface area contributed by atoms with Crippen molar-refractivity contribution < 1.29 is 23.4 Å². The fourth-order valence-corrected chi connectivity index (χ4v) is 10.2. The molecule has 3 aliphatic rings. The van der Waals surface area contributed by atoms with Crippen LogP contribution in [-0.4, -0.2) is 46.7 Å². The average molecular weight is 579 g/mol. The molecule has 5 nitrogen and oxygen atoms in total. The maximum Gasteiger partial charge on any atom is 0.306 e. The highest BCUT2D eigenvalue weighted by molar-refractivity contribution is 6.80. The van der Waals surface area contributed by atoms with Gasteiger partial charge in [-0.2, -0.15) is 0 Å². The first-order valence-electron chi connectivity index (χ1n) is 16.0. The second kappa shape index (κ2) is 13.5. The van der Waals surface area contributed by atoms with Gasteiger partial charge in [-0.25, -0.2) is 0 Å². The minimum absolute atomic E-state index is 0.00903. The molecule has 2 saturated heterocycles. The molecule has 2 aliphatic heterocycles. The normalized spacial score (nSPS) is 30.3. The summed E-state index contributed by atoms with van der Waals surface area (Å²) in [6, 6.07) is 21.2. The van der Waals surface area contributed by atoms with Crippen molar-refractivity contribution >= 4 is 25.4 Å². The molecule has 0 amide bonds. The van der Waals surface area contributed by atoms with Crippen molar-refractivity contribution in [3.63, 3.8) is 0 Å². The van der Waals surface area contributed by atoms with E-state index in [1.54, 1.807) is 0 Å². The smallest absolute Gasteiger partial charge is 0.306 e. The van der Waals surface area contributed by atoms with Gasteiger partial charge < -0.3 is 18.6 Å². The molecule has 0 aromatic heterocycles. The number of benzene rings is 2. The van der Waals surface area contributed by atoms with E-state index in [0.717, 1.165) is 51.6 Å². The predicted molar refractivity (Wildman–Crippen MR) is 166 cm³/mol. The van der Waals surface area contributed by atoms with Crippen LogP contribution in [0.15, 0.2) is 60.7 Å². The first-order chi connectivity index (χ1) is 19.8. The number of carbonyl (C=O) groups is 1. The zero-order chi connectivity index (χ0) is 28.9. The van der Waals surface area contributed by atoms with Crippen LogP contribution in [0.2, 0.25) is 0 Å². The zero-order valence-corrected chi connectivity index (χ0v) is 26.7. The Balaban J connectivity index is 1.46. The standard InChI is InChI=1S/C35H50O5Si/c1-5-6-14-21-35-24-29(39-32-20-13-15-22-37-32)33(34(2,3)4)28(35)23-31(36)40-30(35)25-38-41(26-16-9-7-10-17-26)27-18-11-8-12-19-27/h7-12,16-19,28-30,32-33,41H,5-6,13-15,20-25H2,1-4H3/t28-,29-,30?,32?,33-,35+/m1/s1. The highest BCUT2D eigenvalue weighted by atomic mass is 28.3. The van der Waals surface area contributed by atoms with Crippen molar-refractivity contribution in [2.45, 2.75) is 104 Å². The molecule has 41 heavy (non-hydrogen) atoms. The van der Waals surface area contributed by atoms with Gasteiger partial charge in [0.05, 0.1) is 12.7 Å². The molecule has 1 aliphatic carbocycles. The molecular weight excluding hydrogens is 528 g/mol. The molecule has 224 valence electrons. The zero-order valence-electron chi connectivity index (χ0n) is 25.6. The average Bonchev–Trinajstić information content (AvgIpc) is 3.29. The van der Waals surface area contributed by atoms with E-state index in [2.05, 4.69) is 88.4 Å². The van der Waals surface area contributed by atoms with E-state index in [1.807, 2.05) is 0 Å². The molecule has 6 atom stereocenters. The Morgan fingerprint density at radius 2 is 1.66 bits per heavy atom. The molecule has 0 N–H and O–H groups in total. The number of rotatable bonds is 11. The van der Waals surface area contributed by atoms with Crippen LogP contribution in [0.5, 0.6) is 0 Å². The van der Waals surface area contributed by atoms with E-state index in [0.29, 0.717) is 13.0 Å². The summed E-state index contributed by atoms with van der Waals surface area (Å²) in [5, 5.41) is 2.49. The number of hydrogen-bond donors (Lipinski definition) is 0. The van der Waals surface area contributed by atoms with Gasteiger partial charge in [0.2, 0.25) is 9.04 Å². The summed E-state index contributed by atoms with van der Waals surface area (Å²) in [5.74, 6) is 0.369. The molecule has 1 saturated carbocycles. The molecule has 2 heterocycles. The topological polar surface area (TPSA) is 54.0 Å². The number of cyclic esters (lactones) is 1. The Labute approximate surface area is 249 Å². The SMILES string of the molecule is CCCCC[C@]12C[C@@H](OC3CCCCO3)[C@H](C(C)(C)C)[C@H]1CC(=O)OC2CO[SiH](c1ccccc1)c1ccccc1. The quantitative estimate of drug-likeness (QED) is 0.186. The lowest BCUT2D eigenvalue weighted by Crippen LogP contribution is -2.54. The molecule has 6 heteroatoms. The minimum Gasteiger partial charge on any atom is -0.459 e. The molecule has 0 bridgehead atoms. The second-order valence-corrected chi connectivity index (χ2v) is 16.0. The minimum atomic E-state index is -1.98. The Bertz CT molecular complexity index is 1060. The lowest BCUT2D eigenvalue weighted by molar-refractivity contribution is -0.202. The molecular formula is C35H50O5Si. The van der Waals surface area contributed by atoms with Crippen molar-refractivity contribution in [3.05, 3.63) is 60.7 Å². The van der Waals surface area contributed by atoms with Crippen molar-refractivity contribution in [3.8, 4) is 0 Å². The van der Waals surface area contributed by atoms with E-state index in [1.165, 1.54) is 16.8 Å². The maximum atomic E-state index is 13.3. The van der Waals surface area contributed by atoms with Gasteiger partial charge in [0.15, 0.2) is 6.29 Å². The summed E-state index contributed by atoms with van der Waals surface area (Å²) in [4.78, 5) is 13.3. The summed E-state index contributed by atoms with van der Waals surface area (Å²) >= 11 is 0. The monoisotopic (exact) mass is 578 g/mol. The number of carbonyl (C=O) groups excluding carboxylic acids is 1. The lowest BCUT2D eigenvalue weighted by atomic mass is 9.62. The van der Waals surface area contributed by atoms with Gasteiger partial charge >= 0.3 is 5.97 Å². The third kappa shape index (κ3) is 6.98. The molecule has 0 spiro atoms. The maximum absolute atomic E-state index is 13.3. The van der Waals surface area contributed by atoms with Gasteiger partial charge in [-0.3, -0.25) is 4.79 Å². The van der Waals surface area contributed by atoms with E-state index in [9.17, 15) is 4.79 Å². The summed E-state index contributed by atoms with van der Waals surface area (Å²) in [6.45, 7) is 10.4. The van der Waals surface area contributed by atoms with Crippen molar-refractivity contribution in [1.82, 2.24) is 0 Å². The van der Waals surface area contributed by atoms with Gasteiger partial charge in [-0.05, 0) is 59.7 Å². The van der Waals surface area contributed by atoms with Crippen LogP contribution in [0.1, 0.15) is 85.5 Å². The predicted octanol–water partition coefficient (Wildman–Crippen LogP) is 6.02. The lowest BCUT2D eigenvalue weighted by Gasteiger charge is -2.48. The number of ether oxygens (including phenoxy) is 3. The molecule has 2 aromatic rings. The Hall–Kier alpha value is -1.99. The van der Waals surface area contributed by atoms with E-state index in [4.69, 9.17) is 18.6 Å².